The number of esters is 1. The molecule has 1 aromatic heterocycles. The number of morpholine rings is 1. The van der Waals surface area contributed by atoms with Crippen molar-refractivity contribution >= 4 is 22.7 Å². The van der Waals surface area contributed by atoms with E-state index in [1.165, 1.54) is 6.07 Å². The molecule has 2 heterocycles. The molecule has 1 saturated carbocycles. The lowest BCUT2D eigenvalue weighted by molar-refractivity contribution is -0.144. The molecule has 2 aliphatic rings. The Morgan fingerprint density at radius 3 is 2.72 bits per heavy atom. The van der Waals surface area contributed by atoms with Crippen molar-refractivity contribution in [2.75, 3.05) is 32.9 Å². The van der Waals surface area contributed by atoms with Gasteiger partial charge in [0.05, 0.1) is 36.3 Å². The van der Waals surface area contributed by atoms with Crippen molar-refractivity contribution in [3.05, 3.63) is 87.2 Å². The maximum atomic E-state index is 13.8. The zero-order valence-corrected chi connectivity index (χ0v) is 25.8. The molecule has 0 bridgehead atoms. The van der Waals surface area contributed by atoms with Crippen LogP contribution in [0.4, 0.5) is 0 Å². The fraction of sp³-hybridized carbons (Fsp3) is 0.400. The lowest BCUT2D eigenvalue weighted by atomic mass is 9.96. The van der Waals surface area contributed by atoms with Crippen molar-refractivity contribution in [2.45, 2.75) is 57.8 Å². The van der Waals surface area contributed by atoms with Gasteiger partial charge in [-0.25, -0.2) is 0 Å². The van der Waals surface area contributed by atoms with E-state index in [0.717, 1.165) is 36.8 Å². The number of H-pyrrole nitrogens is 1. The number of hydrogen-bond donors (Lipinski definition) is 2. The van der Waals surface area contributed by atoms with Gasteiger partial charge < -0.3 is 28.6 Å². The molecule has 6 rings (SSSR count). The number of ketones is 1. The second-order valence-corrected chi connectivity index (χ2v) is 11.6. The van der Waals surface area contributed by atoms with Gasteiger partial charge in [0.25, 0.3) is 5.56 Å². The van der Waals surface area contributed by atoms with Crippen molar-refractivity contribution in [1.82, 2.24) is 10.1 Å². The maximum Gasteiger partial charge on any atom is 0.305 e. The number of phenols is 1. The Hall–Kier alpha value is -4.61. The SMILES string of the molecule is CCC(=O)OCCN1CCOCC1c1cc(C(=O)c2ccc(OC3CCCC3)cc2O)ccc1OCc1ccc2c(=O)[nH]oc2c1. The minimum Gasteiger partial charge on any atom is -0.507 e. The van der Waals surface area contributed by atoms with Gasteiger partial charge in [-0.1, -0.05) is 13.0 Å². The highest BCUT2D eigenvalue weighted by Gasteiger charge is 2.29. The van der Waals surface area contributed by atoms with Gasteiger partial charge in [0, 0.05) is 36.7 Å². The predicted octanol–water partition coefficient (Wildman–Crippen LogP) is 5.28. The van der Waals surface area contributed by atoms with Gasteiger partial charge in [-0.15, -0.1) is 0 Å². The first-order valence-corrected chi connectivity index (χ1v) is 15.8. The summed E-state index contributed by atoms with van der Waals surface area (Å²) >= 11 is 0. The van der Waals surface area contributed by atoms with Crippen LogP contribution < -0.4 is 15.0 Å². The van der Waals surface area contributed by atoms with E-state index in [4.69, 9.17) is 23.5 Å². The number of benzene rings is 3. The Morgan fingerprint density at radius 1 is 1.07 bits per heavy atom. The van der Waals surface area contributed by atoms with E-state index in [1.807, 2.05) is 0 Å². The van der Waals surface area contributed by atoms with Gasteiger partial charge in [0.15, 0.2) is 11.4 Å². The van der Waals surface area contributed by atoms with Crippen LogP contribution in [0.3, 0.4) is 0 Å². The van der Waals surface area contributed by atoms with Crippen LogP contribution in [0.1, 0.15) is 72.1 Å². The number of aromatic amines is 1. The van der Waals surface area contributed by atoms with Crippen molar-refractivity contribution in [1.29, 1.82) is 0 Å². The zero-order chi connectivity index (χ0) is 32.0. The largest absolute Gasteiger partial charge is 0.507 e. The molecular weight excluding hydrogens is 592 g/mol. The third-order valence-electron chi connectivity index (χ3n) is 8.56. The minimum atomic E-state index is -0.342. The third-order valence-corrected chi connectivity index (χ3v) is 8.56. The van der Waals surface area contributed by atoms with E-state index >= 15 is 0 Å². The van der Waals surface area contributed by atoms with Gasteiger partial charge in [-0.05, 0) is 73.7 Å². The van der Waals surface area contributed by atoms with Crippen LogP contribution in [0.5, 0.6) is 17.2 Å². The Labute approximate surface area is 266 Å². The van der Waals surface area contributed by atoms with E-state index in [1.54, 1.807) is 55.5 Å². The molecule has 0 radical (unpaired) electrons. The van der Waals surface area contributed by atoms with Crippen molar-refractivity contribution < 1.29 is 38.2 Å². The van der Waals surface area contributed by atoms with E-state index in [0.29, 0.717) is 60.8 Å². The fourth-order valence-electron chi connectivity index (χ4n) is 6.03. The minimum absolute atomic E-state index is 0.130. The summed E-state index contributed by atoms with van der Waals surface area (Å²) in [5, 5.41) is 13.6. The van der Waals surface area contributed by atoms with E-state index < -0.39 is 0 Å². The normalized spacial score (nSPS) is 17.3. The second kappa shape index (κ2) is 14.2. The number of carbonyl (C=O) groups is 2. The summed E-state index contributed by atoms with van der Waals surface area (Å²) in [6, 6.07) is 15.0. The molecule has 0 amide bonds. The summed E-state index contributed by atoms with van der Waals surface area (Å²) in [7, 11) is 0. The zero-order valence-electron chi connectivity index (χ0n) is 25.8. The molecule has 0 spiro atoms. The number of hydrogen-bond acceptors (Lipinski definition) is 10. The second-order valence-electron chi connectivity index (χ2n) is 11.6. The van der Waals surface area contributed by atoms with Gasteiger partial charge >= 0.3 is 5.97 Å². The summed E-state index contributed by atoms with van der Waals surface area (Å²) in [6.45, 7) is 4.08. The fourth-order valence-corrected chi connectivity index (χ4v) is 6.03. The molecule has 242 valence electrons. The first kappa shape index (κ1) is 31.4. The monoisotopic (exact) mass is 630 g/mol. The Bertz CT molecular complexity index is 1750. The van der Waals surface area contributed by atoms with Crippen LogP contribution in [0, 0.1) is 0 Å². The number of aromatic hydroxyl groups is 1. The molecule has 2 N–H and O–H groups in total. The third kappa shape index (κ3) is 7.11. The molecule has 1 aliphatic heterocycles. The van der Waals surface area contributed by atoms with Gasteiger partial charge in [0.1, 0.15) is 30.5 Å². The number of nitrogens with one attached hydrogen (secondary N) is 1. The predicted molar refractivity (Wildman–Crippen MR) is 168 cm³/mol. The average molecular weight is 631 g/mol. The smallest absolute Gasteiger partial charge is 0.305 e. The molecule has 46 heavy (non-hydrogen) atoms. The molecule has 1 saturated heterocycles. The molecule has 11 nitrogen and oxygen atoms in total. The number of fused-ring (bicyclic) bond motifs is 1. The number of aromatic nitrogens is 1. The van der Waals surface area contributed by atoms with Crippen LogP contribution in [0.15, 0.2) is 63.9 Å². The molecule has 1 unspecified atom stereocenters. The number of nitrogens with zero attached hydrogens (tertiary/aromatic N) is 1. The van der Waals surface area contributed by atoms with E-state index in [2.05, 4.69) is 10.1 Å². The molecule has 2 fully saturated rings. The molecule has 1 atom stereocenters. The molecule has 4 aromatic rings. The Morgan fingerprint density at radius 2 is 1.91 bits per heavy atom. The highest BCUT2D eigenvalue weighted by atomic mass is 16.5. The summed E-state index contributed by atoms with van der Waals surface area (Å²) < 4.78 is 28.8. The highest BCUT2D eigenvalue weighted by molar-refractivity contribution is 6.11. The molecule has 3 aromatic carbocycles. The quantitative estimate of drug-likeness (QED) is 0.157. The number of rotatable bonds is 12. The topological polar surface area (TPSA) is 141 Å². The van der Waals surface area contributed by atoms with Gasteiger partial charge in [0.2, 0.25) is 0 Å². The number of phenolic OH excluding ortho intramolecular Hbond substituents is 1. The summed E-state index contributed by atoms with van der Waals surface area (Å²) in [6.07, 6.45) is 4.65. The van der Waals surface area contributed by atoms with Crippen LogP contribution in [-0.2, 0) is 20.9 Å². The van der Waals surface area contributed by atoms with Crippen molar-refractivity contribution in [3.8, 4) is 17.2 Å². The van der Waals surface area contributed by atoms with Crippen LogP contribution >= 0.6 is 0 Å². The molecular formula is C35H38N2O9. The van der Waals surface area contributed by atoms with Gasteiger partial charge in [-0.2, -0.15) is 5.16 Å². The first-order valence-electron chi connectivity index (χ1n) is 15.8. The van der Waals surface area contributed by atoms with Crippen LogP contribution in [0.2, 0.25) is 0 Å². The lowest BCUT2D eigenvalue weighted by Crippen LogP contribution is -2.41. The van der Waals surface area contributed by atoms with Crippen molar-refractivity contribution in [2.24, 2.45) is 0 Å². The van der Waals surface area contributed by atoms with Gasteiger partial charge in [-0.3, -0.25) is 19.3 Å². The lowest BCUT2D eigenvalue weighted by Gasteiger charge is -2.36. The van der Waals surface area contributed by atoms with Crippen LogP contribution in [-0.4, -0.2) is 65.9 Å². The van der Waals surface area contributed by atoms with E-state index in [9.17, 15) is 19.5 Å². The Balaban J connectivity index is 1.27. The first-order chi connectivity index (χ1) is 22.4. The summed E-state index contributed by atoms with van der Waals surface area (Å²) in [4.78, 5) is 39.5. The number of ether oxygens (including phenoxy) is 4. The summed E-state index contributed by atoms with van der Waals surface area (Å²) in [5.74, 6) is 0.334. The highest BCUT2D eigenvalue weighted by Crippen LogP contribution is 2.35. The van der Waals surface area contributed by atoms with E-state index in [-0.39, 0.29) is 54.0 Å². The van der Waals surface area contributed by atoms with Crippen molar-refractivity contribution in [3.63, 3.8) is 0 Å². The molecule has 11 heteroatoms. The average Bonchev–Trinajstić information content (AvgIpc) is 3.73. The maximum absolute atomic E-state index is 13.8. The standard InChI is InChI=1S/C35H38N2O9/c1-2-33(39)43-16-14-37-13-15-42-21-29(37)28-18-23(34(40)26-11-9-25(19-30(26)38)45-24-5-3-4-6-24)8-12-31(28)44-20-22-7-10-27-32(17-22)46-36-35(27)41/h7-12,17-19,24,29,38H,2-6,13-16,20-21H2,1H3,(H,36,41). The number of carbonyl (C=O) groups excluding carboxylic acids is 2. The summed E-state index contributed by atoms with van der Waals surface area (Å²) in [5.41, 5.74) is 2.19. The Kier molecular flexibility index (Phi) is 9.70. The molecule has 1 aliphatic carbocycles. The van der Waals surface area contributed by atoms with Crippen LogP contribution in [0.25, 0.3) is 11.0 Å².